The summed E-state index contributed by atoms with van der Waals surface area (Å²) in [7, 11) is -0.646. The van der Waals surface area contributed by atoms with Crippen LogP contribution >= 0.6 is 0 Å². The third kappa shape index (κ3) is 24700. The van der Waals surface area contributed by atoms with Crippen molar-refractivity contribution >= 4 is 17.1 Å². The van der Waals surface area contributed by atoms with Crippen LogP contribution in [0.2, 0.25) is 0 Å². The second-order valence-electron chi connectivity index (χ2n) is 0.493. The summed E-state index contributed by atoms with van der Waals surface area (Å²) in [5.74, 6) is 0. The molecule has 0 spiro atoms. The lowest BCUT2D eigenvalue weighted by atomic mass is 10.8. The van der Waals surface area contributed by atoms with Crippen molar-refractivity contribution in [3.8, 4) is 0 Å². The highest BCUT2D eigenvalue weighted by molar-refractivity contribution is 8.07. The van der Waals surface area contributed by atoms with E-state index in [-0.39, 0.29) is 0 Å². The Morgan fingerprint density at radius 1 is 1.60 bits per heavy atom. The minimum atomic E-state index is -4.42. The van der Waals surface area contributed by atoms with Gasteiger partial charge >= 0.3 is 0 Å². The highest BCUT2D eigenvalue weighted by Gasteiger charge is 1.67. The van der Waals surface area contributed by atoms with Gasteiger partial charge in [0.25, 0.3) is 0 Å². The van der Waals surface area contributed by atoms with Crippen molar-refractivity contribution in [2.45, 2.75) is 0 Å². The fourth-order valence-corrected chi connectivity index (χ4v) is 0. The van der Waals surface area contributed by atoms with Gasteiger partial charge < -0.3 is 4.55 Å². The van der Waals surface area contributed by atoms with Crippen molar-refractivity contribution in [3.05, 3.63) is 0 Å². The van der Waals surface area contributed by atoms with Crippen LogP contribution in [0.4, 0.5) is 0 Å². The van der Waals surface area contributed by atoms with Crippen LogP contribution in [-0.4, -0.2) is 20.1 Å². The zero-order valence-electron chi connectivity index (χ0n) is 2.21. The Hall–Kier alpha value is -0.0251. The summed E-state index contributed by atoms with van der Waals surface area (Å²) in [6.07, 6.45) is 0. The van der Waals surface area contributed by atoms with Crippen molar-refractivity contribution in [1.29, 1.82) is 0 Å². The lowest BCUT2D eigenvalue weighted by molar-refractivity contribution is 0.481. The van der Waals surface area contributed by atoms with E-state index in [2.05, 4.69) is 7.12 Å². The van der Waals surface area contributed by atoms with Gasteiger partial charge in [-0.1, -0.05) is 0 Å². The average Bonchev–Trinajstić information content (AvgIpc) is 0.722. The van der Waals surface area contributed by atoms with Gasteiger partial charge in [0.1, 0.15) is 0 Å². The molecule has 0 saturated carbocycles. The lowest BCUT2D eigenvalue weighted by Gasteiger charge is -1.91. The van der Waals surface area contributed by atoms with Crippen LogP contribution in [0.3, 0.4) is 0 Å². The summed E-state index contributed by atoms with van der Waals surface area (Å²) in [4.78, 5) is 0. The van der Waals surface area contributed by atoms with E-state index >= 15 is 0 Å². The van der Waals surface area contributed by atoms with E-state index in [1.54, 1.807) is 0 Å². The molecule has 0 unspecified atom stereocenters. The van der Waals surface area contributed by atoms with E-state index < -0.39 is 9.97 Å². The van der Waals surface area contributed by atoms with E-state index in [4.69, 9.17) is 13.0 Å². The molecule has 0 aromatic heterocycles. The van der Waals surface area contributed by atoms with Gasteiger partial charge in [-0.3, -0.25) is 8.42 Å². The maximum atomic E-state index is 8.85. The topological polar surface area (TPSA) is 57.2 Å². The van der Waals surface area contributed by atoms with E-state index in [0.717, 1.165) is 0 Å². The first-order valence-electron chi connectivity index (χ1n) is 0.736. The Balaban J connectivity index is 4.06. The second-order valence-corrected chi connectivity index (χ2v) is 1.48. The first-order valence-corrected chi connectivity index (χ1v) is 2.21. The Bertz CT molecular complexity index is 90.1. The van der Waals surface area contributed by atoms with E-state index in [1.165, 1.54) is 0 Å². The molecule has 2 radical (unpaired) electrons. The molecule has 0 fully saturated rings. The molecule has 0 aliphatic rings. The predicted molar refractivity (Wildman–Crippen MR) is 15.5 cm³/mol. The third-order valence-corrected chi connectivity index (χ3v) is 0. The molecule has 0 N–H and O–H groups in total. The number of rotatable bonds is 0. The first-order chi connectivity index (χ1) is 2.00. The molecule has 0 aromatic rings. The summed E-state index contributed by atoms with van der Waals surface area (Å²) in [6, 6.07) is 0. The average molecular weight is 90.9 g/mol. The van der Waals surface area contributed by atoms with Crippen LogP contribution < -0.4 is 0 Å². The SMILES string of the molecule is [B]S(=O)(=O)[O-]. The van der Waals surface area contributed by atoms with Gasteiger partial charge in [-0.15, -0.1) is 0 Å². The quantitative estimate of drug-likeness (QED) is 0.272. The van der Waals surface area contributed by atoms with E-state index in [9.17, 15) is 0 Å². The Kier molecular flexibility index (Phi) is 0.980. The van der Waals surface area contributed by atoms with Crippen LogP contribution in [0, 0.1) is 0 Å². The van der Waals surface area contributed by atoms with Crippen LogP contribution in [-0.2, 0) is 9.97 Å². The third-order valence-electron chi connectivity index (χ3n) is 0. The standard InChI is InChI=1S/BHO3S/c1-5(2,3)4/h(H,2,3,4)/p-1. The smallest absolute Gasteiger partial charge is 0.235 e. The summed E-state index contributed by atoms with van der Waals surface area (Å²) in [6.45, 7) is 0. The fourth-order valence-electron chi connectivity index (χ4n) is 0. The molecule has 0 atom stereocenters. The maximum Gasteiger partial charge on any atom is 0.235 e. The molecule has 3 nitrogen and oxygen atoms in total. The first kappa shape index (κ1) is 4.97. The Morgan fingerprint density at radius 2 is 1.60 bits per heavy atom. The highest BCUT2D eigenvalue weighted by Crippen LogP contribution is 1.57. The van der Waals surface area contributed by atoms with Crippen molar-refractivity contribution in [2.24, 2.45) is 0 Å². The van der Waals surface area contributed by atoms with Crippen molar-refractivity contribution < 1.29 is 13.0 Å². The molecule has 0 bridgehead atoms. The molecular formula is BO3S-. The Labute approximate surface area is 31.1 Å². The molecule has 0 aromatic carbocycles. The van der Waals surface area contributed by atoms with E-state index in [1.807, 2.05) is 0 Å². The van der Waals surface area contributed by atoms with Gasteiger partial charge in [-0.05, 0) is 0 Å². The molecule has 5 heteroatoms. The molecule has 0 heterocycles. The largest absolute Gasteiger partial charge is 0.758 e. The van der Waals surface area contributed by atoms with Crippen LogP contribution in [0.1, 0.15) is 0 Å². The minimum absolute atomic E-state index is 3.77. The summed E-state index contributed by atoms with van der Waals surface area (Å²) in [5.41, 5.74) is 0. The summed E-state index contributed by atoms with van der Waals surface area (Å²) >= 11 is 0. The summed E-state index contributed by atoms with van der Waals surface area (Å²) in [5, 5.41) is 0. The van der Waals surface area contributed by atoms with Crippen molar-refractivity contribution in [2.75, 3.05) is 0 Å². The van der Waals surface area contributed by atoms with Gasteiger partial charge in [-0.2, -0.15) is 0 Å². The van der Waals surface area contributed by atoms with Gasteiger partial charge in [0.2, 0.25) is 7.12 Å². The van der Waals surface area contributed by atoms with Crippen LogP contribution in [0.5, 0.6) is 0 Å². The van der Waals surface area contributed by atoms with Gasteiger partial charge in [-0.25, -0.2) is 0 Å². The lowest BCUT2D eigenvalue weighted by Crippen LogP contribution is -1.92. The molecule has 0 aliphatic carbocycles. The van der Waals surface area contributed by atoms with Crippen LogP contribution in [0.15, 0.2) is 0 Å². The predicted octanol–water partition coefficient (Wildman–Crippen LogP) is -1.38. The number of hydrogen-bond donors (Lipinski definition) is 0. The van der Waals surface area contributed by atoms with Gasteiger partial charge in [0.15, 0.2) is 0 Å². The van der Waals surface area contributed by atoms with Gasteiger partial charge in [0, 0.05) is 9.97 Å². The monoisotopic (exact) mass is 91.0 g/mol. The maximum absolute atomic E-state index is 8.85. The summed E-state index contributed by atoms with van der Waals surface area (Å²) < 4.78 is 26.6. The van der Waals surface area contributed by atoms with Crippen molar-refractivity contribution in [1.82, 2.24) is 0 Å². The zero-order valence-corrected chi connectivity index (χ0v) is 3.03. The normalized spacial score (nSPS) is 11.4. The minimum Gasteiger partial charge on any atom is -0.758 e. The zero-order chi connectivity index (χ0) is 4.50. The molecule has 0 aliphatic heterocycles. The molecule has 28 valence electrons. The molecule has 0 amide bonds. The number of hydrogen-bond acceptors (Lipinski definition) is 3. The molecule has 5 heavy (non-hydrogen) atoms. The van der Waals surface area contributed by atoms with Crippen LogP contribution in [0.25, 0.3) is 0 Å². The fraction of sp³-hybridized carbons (Fsp3) is 0. The highest BCUT2D eigenvalue weighted by atomic mass is 32.2. The Morgan fingerprint density at radius 3 is 1.60 bits per heavy atom. The molecule has 0 saturated heterocycles. The van der Waals surface area contributed by atoms with E-state index in [0.29, 0.717) is 0 Å². The van der Waals surface area contributed by atoms with Gasteiger partial charge in [0.05, 0.1) is 0 Å². The van der Waals surface area contributed by atoms with Crippen molar-refractivity contribution in [3.63, 3.8) is 0 Å². The second kappa shape index (κ2) is 0.985. The molecular weight excluding hydrogens is 90.9 g/mol. The molecule has 0 rings (SSSR count).